The van der Waals surface area contributed by atoms with Crippen molar-refractivity contribution in [3.63, 3.8) is 0 Å². The van der Waals surface area contributed by atoms with Crippen LogP contribution in [0.5, 0.6) is 0 Å². The van der Waals surface area contributed by atoms with Crippen LogP contribution in [0.4, 0.5) is 4.39 Å². The maximum atomic E-state index is 13.3. The van der Waals surface area contributed by atoms with Crippen molar-refractivity contribution in [2.24, 2.45) is 0 Å². The van der Waals surface area contributed by atoms with Gasteiger partial charge in [-0.1, -0.05) is 31.5 Å². The monoisotopic (exact) mass is 196 g/mol. The Labute approximate surface area is 82.4 Å². The van der Waals surface area contributed by atoms with Gasteiger partial charge in [0.2, 0.25) is 0 Å². The largest absolute Gasteiger partial charge is 0.481 e. The molecule has 0 radical (unpaired) electrons. The molecule has 1 N–H and O–H groups in total. The maximum Gasteiger partial charge on any atom is 0.311 e. The van der Waals surface area contributed by atoms with E-state index in [1.165, 1.54) is 12.1 Å². The van der Waals surface area contributed by atoms with Crippen LogP contribution >= 0.6 is 0 Å². The van der Waals surface area contributed by atoms with Crippen LogP contribution < -0.4 is 0 Å². The number of aliphatic carboxylic acids is 1. The van der Waals surface area contributed by atoms with Gasteiger partial charge in [-0.15, -0.1) is 0 Å². The molecule has 14 heavy (non-hydrogen) atoms. The first kappa shape index (κ1) is 10.7. The van der Waals surface area contributed by atoms with Crippen LogP contribution in [0.25, 0.3) is 0 Å². The first-order chi connectivity index (χ1) is 6.66. The molecule has 0 fully saturated rings. The number of rotatable bonds is 4. The molecule has 0 aliphatic rings. The lowest BCUT2D eigenvalue weighted by Crippen LogP contribution is -2.12. The van der Waals surface area contributed by atoms with E-state index in [9.17, 15) is 9.18 Å². The van der Waals surface area contributed by atoms with E-state index in [4.69, 9.17) is 5.11 Å². The first-order valence-corrected chi connectivity index (χ1v) is 4.64. The first-order valence-electron chi connectivity index (χ1n) is 4.64. The number of halogens is 1. The third-order valence-electron chi connectivity index (χ3n) is 2.16. The Hall–Kier alpha value is -1.38. The van der Waals surface area contributed by atoms with E-state index in [0.29, 0.717) is 6.42 Å². The molecular weight excluding hydrogens is 183 g/mol. The molecule has 0 amide bonds. The van der Waals surface area contributed by atoms with Crippen molar-refractivity contribution in [1.29, 1.82) is 0 Å². The standard InChI is InChI=1S/C11H13FO2/c1-2-5-9(11(13)14)8-6-3-4-7-10(8)12/h3-4,6-7,9H,2,5H2,1H3,(H,13,14). The van der Waals surface area contributed by atoms with Gasteiger partial charge in [0.15, 0.2) is 0 Å². The Morgan fingerprint density at radius 1 is 1.50 bits per heavy atom. The number of benzene rings is 1. The highest BCUT2D eigenvalue weighted by molar-refractivity contribution is 5.76. The second-order valence-electron chi connectivity index (χ2n) is 3.20. The van der Waals surface area contributed by atoms with Gasteiger partial charge in [0.25, 0.3) is 0 Å². The summed E-state index contributed by atoms with van der Waals surface area (Å²) in [5.41, 5.74) is 0.279. The van der Waals surface area contributed by atoms with E-state index < -0.39 is 17.7 Å². The van der Waals surface area contributed by atoms with Gasteiger partial charge >= 0.3 is 5.97 Å². The Kier molecular flexibility index (Phi) is 3.63. The smallest absolute Gasteiger partial charge is 0.311 e. The van der Waals surface area contributed by atoms with Gasteiger partial charge in [-0.2, -0.15) is 0 Å². The Balaban J connectivity index is 2.99. The van der Waals surface area contributed by atoms with Gasteiger partial charge in [-0.3, -0.25) is 4.79 Å². The normalized spacial score (nSPS) is 12.4. The van der Waals surface area contributed by atoms with Gasteiger partial charge < -0.3 is 5.11 Å². The van der Waals surface area contributed by atoms with Crippen LogP contribution in [0.1, 0.15) is 31.2 Å². The summed E-state index contributed by atoms with van der Waals surface area (Å²) >= 11 is 0. The van der Waals surface area contributed by atoms with E-state index in [2.05, 4.69) is 0 Å². The maximum absolute atomic E-state index is 13.3. The zero-order valence-corrected chi connectivity index (χ0v) is 8.03. The Bertz CT molecular complexity index is 323. The third-order valence-corrected chi connectivity index (χ3v) is 2.16. The van der Waals surface area contributed by atoms with Crippen molar-refractivity contribution >= 4 is 5.97 Å². The predicted molar refractivity (Wildman–Crippen MR) is 51.7 cm³/mol. The lowest BCUT2D eigenvalue weighted by Gasteiger charge is -2.11. The average molecular weight is 196 g/mol. The van der Waals surface area contributed by atoms with Crippen LogP contribution in [-0.4, -0.2) is 11.1 Å². The molecule has 3 heteroatoms. The number of hydrogen-bond acceptors (Lipinski definition) is 1. The molecule has 1 atom stereocenters. The van der Waals surface area contributed by atoms with Crippen molar-refractivity contribution in [1.82, 2.24) is 0 Å². The van der Waals surface area contributed by atoms with Crippen LogP contribution in [0.15, 0.2) is 24.3 Å². The number of hydrogen-bond donors (Lipinski definition) is 1. The molecule has 0 aliphatic heterocycles. The molecule has 1 aromatic carbocycles. The second kappa shape index (κ2) is 4.74. The molecule has 1 rings (SSSR count). The summed E-state index contributed by atoms with van der Waals surface area (Å²) in [6, 6.07) is 6.04. The van der Waals surface area contributed by atoms with Crippen molar-refractivity contribution in [3.05, 3.63) is 35.6 Å². The van der Waals surface area contributed by atoms with E-state index in [-0.39, 0.29) is 5.56 Å². The molecule has 1 unspecified atom stereocenters. The highest BCUT2D eigenvalue weighted by Crippen LogP contribution is 2.23. The molecule has 0 spiro atoms. The summed E-state index contributed by atoms with van der Waals surface area (Å²) in [6.45, 7) is 1.89. The molecule has 2 nitrogen and oxygen atoms in total. The number of carbonyl (C=O) groups is 1. The highest BCUT2D eigenvalue weighted by atomic mass is 19.1. The molecule has 0 aromatic heterocycles. The Morgan fingerprint density at radius 2 is 2.14 bits per heavy atom. The Morgan fingerprint density at radius 3 is 2.64 bits per heavy atom. The fraction of sp³-hybridized carbons (Fsp3) is 0.364. The molecule has 0 bridgehead atoms. The number of carboxylic acid groups (broad SMARTS) is 1. The van der Waals surface area contributed by atoms with Gasteiger partial charge in [0.05, 0.1) is 5.92 Å². The molecule has 0 saturated carbocycles. The molecule has 0 saturated heterocycles. The van der Waals surface area contributed by atoms with Crippen LogP contribution in [0.3, 0.4) is 0 Å². The van der Waals surface area contributed by atoms with Gasteiger partial charge in [0.1, 0.15) is 5.82 Å². The lowest BCUT2D eigenvalue weighted by atomic mass is 9.94. The summed E-state index contributed by atoms with van der Waals surface area (Å²) in [5, 5.41) is 8.92. The molecule has 76 valence electrons. The number of carboxylic acids is 1. The summed E-state index contributed by atoms with van der Waals surface area (Å²) in [7, 11) is 0. The van der Waals surface area contributed by atoms with Crippen molar-refractivity contribution in [2.45, 2.75) is 25.7 Å². The van der Waals surface area contributed by atoms with Crippen LogP contribution in [0, 0.1) is 5.82 Å². The third kappa shape index (κ3) is 2.31. The molecule has 1 aromatic rings. The molecule has 0 heterocycles. The van der Waals surface area contributed by atoms with Crippen LogP contribution in [0.2, 0.25) is 0 Å². The highest BCUT2D eigenvalue weighted by Gasteiger charge is 2.21. The van der Waals surface area contributed by atoms with E-state index in [1.807, 2.05) is 6.92 Å². The summed E-state index contributed by atoms with van der Waals surface area (Å²) in [5.74, 6) is -2.12. The van der Waals surface area contributed by atoms with Crippen molar-refractivity contribution in [2.75, 3.05) is 0 Å². The van der Waals surface area contributed by atoms with E-state index in [1.54, 1.807) is 12.1 Å². The van der Waals surface area contributed by atoms with Gasteiger partial charge in [-0.25, -0.2) is 4.39 Å². The van der Waals surface area contributed by atoms with Crippen molar-refractivity contribution in [3.8, 4) is 0 Å². The predicted octanol–water partition coefficient (Wildman–Crippen LogP) is 2.79. The lowest BCUT2D eigenvalue weighted by molar-refractivity contribution is -0.139. The van der Waals surface area contributed by atoms with Gasteiger partial charge in [-0.05, 0) is 12.5 Å². The molecule has 0 aliphatic carbocycles. The minimum atomic E-state index is -0.961. The fourth-order valence-electron chi connectivity index (χ4n) is 1.46. The van der Waals surface area contributed by atoms with E-state index >= 15 is 0 Å². The van der Waals surface area contributed by atoms with E-state index in [0.717, 1.165) is 6.42 Å². The second-order valence-corrected chi connectivity index (χ2v) is 3.20. The topological polar surface area (TPSA) is 37.3 Å². The van der Waals surface area contributed by atoms with Gasteiger partial charge in [0, 0.05) is 5.56 Å². The SMILES string of the molecule is CCCC(C(=O)O)c1ccccc1F. The minimum Gasteiger partial charge on any atom is -0.481 e. The summed E-state index contributed by atoms with van der Waals surface area (Å²) in [4.78, 5) is 10.9. The van der Waals surface area contributed by atoms with Crippen molar-refractivity contribution < 1.29 is 14.3 Å². The zero-order chi connectivity index (χ0) is 10.6. The van der Waals surface area contributed by atoms with Crippen LogP contribution in [-0.2, 0) is 4.79 Å². The molecular formula is C11H13FO2. The minimum absolute atomic E-state index is 0.279. The fourth-order valence-corrected chi connectivity index (χ4v) is 1.46. The summed E-state index contributed by atoms with van der Waals surface area (Å²) < 4.78 is 13.3. The zero-order valence-electron chi connectivity index (χ0n) is 8.03. The summed E-state index contributed by atoms with van der Waals surface area (Å²) in [6.07, 6.45) is 1.20. The quantitative estimate of drug-likeness (QED) is 0.803. The average Bonchev–Trinajstić information content (AvgIpc) is 2.15.